The van der Waals surface area contributed by atoms with Crippen LogP contribution in [0.2, 0.25) is 0 Å². The molecule has 2 rings (SSSR count). The van der Waals surface area contributed by atoms with Crippen LogP contribution in [-0.2, 0) is 13.0 Å². The van der Waals surface area contributed by atoms with Crippen molar-refractivity contribution in [2.24, 2.45) is 0 Å². The molecule has 0 radical (unpaired) electrons. The van der Waals surface area contributed by atoms with Gasteiger partial charge in [0.05, 0.1) is 12.7 Å². The van der Waals surface area contributed by atoms with Crippen LogP contribution in [0.1, 0.15) is 29.9 Å². The van der Waals surface area contributed by atoms with Crippen molar-refractivity contribution < 1.29 is 4.79 Å². The zero-order valence-electron chi connectivity index (χ0n) is 12.3. The van der Waals surface area contributed by atoms with Crippen LogP contribution in [0.25, 0.3) is 0 Å². The smallest absolute Gasteiger partial charge is 0.251 e. The summed E-state index contributed by atoms with van der Waals surface area (Å²) >= 11 is 0. The molecular weight excluding hydrogens is 268 g/mol. The predicted octanol–water partition coefficient (Wildman–Crippen LogP) is 1.10. The first-order valence-electron chi connectivity index (χ1n) is 7.10. The summed E-state index contributed by atoms with van der Waals surface area (Å²) in [6.07, 6.45) is 4.16. The molecule has 0 aliphatic heterocycles. The number of hydrogen-bond acceptors (Lipinski definition) is 5. The summed E-state index contributed by atoms with van der Waals surface area (Å²) in [7, 11) is 0. The van der Waals surface area contributed by atoms with Crippen molar-refractivity contribution in [2.75, 3.05) is 18.4 Å². The Morgan fingerprint density at radius 3 is 2.86 bits per heavy atom. The molecule has 112 valence electrons. The number of carbonyl (C=O) groups is 1. The third kappa shape index (κ3) is 4.27. The number of hydrogen-bond donors (Lipinski definition) is 2. The maximum atomic E-state index is 12.2. The SMILES string of the molecule is CCNc1cc(C(=O)NCCn2ccnn2)cc(CC)n1. The van der Waals surface area contributed by atoms with Gasteiger partial charge in [0.25, 0.3) is 5.91 Å². The molecule has 2 N–H and O–H groups in total. The molecule has 1 amide bonds. The number of pyridine rings is 1. The summed E-state index contributed by atoms with van der Waals surface area (Å²) in [4.78, 5) is 16.6. The Bertz CT molecular complexity index is 581. The summed E-state index contributed by atoms with van der Waals surface area (Å²) < 4.78 is 1.67. The van der Waals surface area contributed by atoms with Crippen LogP contribution in [0, 0.1) is 0 Å². The van der Waals surface area contributed by atoms with Crippen LogP contribution in [-0.4, -0.2) is 39.0 Å². The second-order valence-electron chi connectivity index (χ2n) is 4.54. The van der Waals surface area contributed by atoms with Gasteiger partial charge < -0.3 is 10.6 Å². The monoisotopic (exact) mass is 288 g/mol. The van der Waals surface area contributed by atoms with E-state index in [0.717, 1.165) is 24.5 Å². The lowest BCUT2D eigenvalue weighted by atomic mass is 10.2. The molecule has 2 aromatic rings. The number of nitrogens with one attached hydrogen (secondary N) is 2. The molecule has 0 spiro atoms. The lowest BCUT2D eigenvalue weighted by Crippen LogP contribution is -2.27. The number of anilines is 1. The van der Waals surface area contributed by atoms with Crippen LogP contribution >= 0.6 is 0 Å². The first-order chi connectivity index (χ1) is 10.2. The van der Waals surface area contributed by atoms with Crippen molar-refractivity contribution >= 4 is 11.7 Å². The van der Waals surface area contributed by atoms with Gasteiger partial charge in [0.15, 0.2) is 0 Å². The molecule has 0 atom stereocenters. The van der Waals surface area contributed by atoms with Crippen LogP contribution < -0.4 is 10.6 Å². The molecule has 2 heterocycles. The Morgan fingerprint density at radius 2 is 2.19 bits per heavy atom. The third-order valence-electron chi connectivity index (χ3n) is 2.96. The largest absolute Gasteiger partial charge is 0.370 e. The minimum absolute atomic E-state index is 0.105. The molecule has 21 heavy (non-hydrogen) atoms. The van der Waals surface area contributed by atoms with Crippen LogP contribution in [0.4, 0.5) is 5.82 Å². The van der Waals surface area contributed by atoms with Crippen molar-refractivity contribution in [2.45, 2.75) is 26.8 Å². The number of nitrogens with zero attached hydrogens (tertiary/aromatic N) is 4. The Labute approximate surface area is 123 Å². The lowest BCUT2D eigenvalue weighted by Gasteiger charge is -2.09. The first-order valence-corrected chi connectivity index (χ1v) is 7.10. The minimum Gasteiger partial charge on any atom is -0.370 e. The van der Waals surface area contributed by atoms with Gasteiger partial charge in [0.2, 0.25) is 0 Å². The van der Waals surface area contributed by atoms with Gasteiger partial charge in [0.1, 0.15) is 5.82 Å². The molecular formula is C14H20N6O. The fourth-order valence-corrected chi connectivity index (χ4v) is 1.91. The highest BCUT2D eigenvalue weighted by molar-refractivity contribution is 5.95. The standard InChI is InChI=1S/C14H20N6O/c1-3-12-9-11(10-13(18-12)15-4-2)14(21)16-5-7-20-8-6-17-19-20/h6,8-10H,3-5,7H2,1-2H3,(H,15,18)(H,16,21). The van der Waals surface area contributed by atoms with Crippen molar-refractivity contribution in [3.05, 3.63) is 35.8 Å². The van der Waals surface area contributed by atoms with Crippen LogP contribution in [0.5, 0.6) is 0 Å². The summed E-state index contributed by atoms with van der Waals surface area (Å²) in [6, 6.07) is 3.60. The second kappa shape index (κ2) is 7.37. The highest BCUT2D eigenvalue weighted by atomic mass is 16.1. The van der Waals surface area contributed by atoms with E-state index in [1.54, 1.807) is 23.1 Å². The summed E-state index contributed by atoms with van der Waals surface area (Å²) in [6.45, 7) is 5.89. The number of amides is 1. The average molecular weight is 288 g/mol. The van der Waals surface area contributed by atoms with E-state index in [1.165, 1.54) is 0 Å². The van der Waals surface area contributed by atoms with Gasteiger partial charge in [-0.2, -0.15) is 0 Å². The highest BCUT2D eigenvalue weighted by Crippen LogP contribution is 2.11. The molecule has 0 unspecified atom stereocenters. The maximum Gasteiger partial charge on any atom is 0.251 e. The highest BCUT2D eigenvalue weighted by Gasteiger charge is 2.09. The molecule has 0 aliphatic rings. The van der Waals surface area contributed by atoms with E-state index in [4.69, 9.17) is 0 Å². The van der Waals surface area contributed by atoms with Gasteiger partial charge in [-0.3, -0.25) is 9.48 Å². The van der Waals surface area contributed by atoms with Gasteiger partial charge in [-0.25, -0.2) is 4.98 Å². The lowest BCUT2D eigenvalue weighted by molar-refractivity contribution is 0.0951. The van der Waals surface area contributed by atoms with E-state index < -0.39 is 0 Å². The van der Waals surface area contributed by atoms with Gasteiger partial charge in [-0.15, -0.1) is 5.10 Å². The minimum atomic E-state index is -0.105. The number of aryl methyl sites for hydroxylation is 1. The zero-order valence-corrected chi connectivity index (χ0v) is 12.3. The van der Waals surface area contributed by atoms with E-state index >= 15 is 0 Å². The molecule has 7 heteroatoms. The molecule has 0 aromatic carbocycles. The van der Waals surface area contributed by atoms with Crippen molar-refractivity contribution in [3.8, 4) is 0 Å². The number of aromatic nitrogens is 4. The maximum absolute atomic E-state index is 12.2. The third-order valence-corrected chi connectivity index (χ3v) is 2.96. The summed E-state index contributed by atoms with van der Waals surface area (Å²) in [5, 5.41) is 13.6. The molecule has 2 aromatic heterocycles. The van der Waals surface area contributed by atoms with E-state index in [9.17, 15) is 4.79 Å². The fourth-order valence-electron chi connectivity index (χ4n) is 1.91. The van der Waals surface area contributed by atoms with Gasteiger partial charge >= 0.3 is 0 Å². The average Bonchev–Trinajstić information content (AvgIpc) is 3.00. The van der Waals surface area contributed by atoms with Crippen molar-refractivity contribution in [1.29, 1.82) is 0 Å². The Balaban J connectivity index is 1.98. The molecule has 0 bridgehead atoms. The first kappa shape index (κ1) is 15.0. The van der Waals surface area contributed by atoms with E-state index in [2.05, 4.69) is 25.9 Å². The van der Waals surface area contributed by atoms with Gasteiger partial charge in [-0.05, 0) is 25.5 Å². The Kier molecular flexibility index (Phi) is 5.25. The van der Waals surface area contributed by atoms with Crippen LogP contribution in [0.15, 0.2) is 24.5 Å². The van der Waals surface area contributed by atoms with E-state index in [-0.39, 0.29) is 5.91 Å². The topological polar surface area (TPSA) is 84.7 Å². The summed E-state index contributed by atoms with van der Waals surface area (Å²) in [5.41, 5.74) is 1.52. The second-order valence-corrected chi connectivity index (χ2v) is 4.54. The molecule has 0 aliphatic carbocycles. The van der Waals surface area contributed by atoms with Crippen LogP contribution in [0.3, 0.4) is 0 Å². The van der Waals surface area contributed by atoms with Gasteiger partial charge in [0, 0.05) is 30.5 Å². The number of rotatable bonds is 7. The molecule has 0 fully saturated rings. The summed E-state index contributed by atoms with van der Waals surface area (Å²) in [5.74, 6) is 0.629. The van der Waals surface area contributed by atoms with E-state index in [1.807, 2.05) is 19.9 Å². The molecule has 0 saturated heterocycles. The normalized spacial score (nSPS) is 10.4. The Hall–Kier alpha value is -2.44. The van der Waals surface area contributed by atoms with Crippen molar-refractivity contribution in [3.63, 3.8) is 0 Å². The molecule has 7 nitrogen and oxygen atoms in total. The van der Waals surface area contributed by atoms with Crippen molar-refractivity contribution in [1.82, 2.24) is 25.3 Å². The quantitative estimate of drug-likeness (QED) is 0.797. The Morgan fingerprint density at radius 1 is 1.33 bits per heavy atom. The predicted molar refractivity (Wildman–Crippen MR) is 80.1 cm³/mol. The molecule has 0 saturated carbocycles. The fraction of sp³-hybridized carbons (Fsp3) is 0.429. The van der Waals surface area contributed by atoms with Gasteiger partial charge in [-0.1, -0.05) is 12.1 Å². The number of carbonyl (C=O) groups excluding carboxylic acids is 1. The zero-order chi connectivity index (χ0) is 15.1. The van der Waals surface area contributed by atoms with E-state index in [0.29, 0.717) is 18.7 Å².